The Hall–Kier alpha value is -2.50. The summed E-state index contributed by atoms with van der Waals surface area (Å²) in [5.41, 5.74) is 8.46. The van der Waals surface area contributed by atoms with E-state index < -0.39 is 0 Å². The molecule has 0 saturated carbocycles. The minimum Gasteiger partial charge on any atom is -0.367 e. The summed E-state index contributed by atoms with van der Waals surface area (Å²) in [6, 6.07) is 7.83. The molecule has 3 rings (SSSR count). The fourth-order valence-electron chi connectivity index (χ4n) is 2.39. The molecule has 104 valence electrons. The molecule has 1 amide bonds. The van der Waals surface area contributed by atoms with Gasteiger partial charge in [0, 0.05) is 31.4 Å². The van der Waals surface area contributed by atoms with Crippen molar-refractivity contribution in [3.8, 4) is 11.1 Å². The molecule has 1 aliphatic rings. The van der Waals surface area contributed by atoms with Gasteiger partial charge in [-0.3, -0.25) is 4.79 Å². The van der Waals surface area contributed by atoms with Crippen molar-refractivity contribution >= 4 is 17.5 Å². The van der Waals surface area contributed by atoms with Crippen LogP contribution in [-0.2, 0) is 4.79 Å². The lowest BCUT2D eigenvalue weighted by atomic mass is 10.0. The van der Waals surface area contributed by atoms with Crippen molar-refractivity contribution < 1.29 is 9.32 Å². The van der Waals surface area contributed by atoms with Gasteiger partial charge in [-0.15, -0.1) is 0 Å². The second-order valence-electron chi connectivity index (χ2n) is 4.86. The molecule has 6 nitrogen and oxygen atoms in total. The van der Waals surface area contributed by atoms with Gasteiger partial charge in [0.15, 0.2) is 0 Å². The average Bonchev–Trinajstić information content (AvgIpc) is 2.88. The number of hydrogen-bond donors (Lipinski definition) is 1. The van der Waals surface area contributed by atoms with Crippen LogP contribution in [0.3, 0.4) is 0 Å². The van der Waals surface area contributed by atoms with E-state index >= 15 is 0 Å². The van der Waals surface area contributed by atoms with E-state index in [1.54, 1.807) is 11.1 Å². The normalized spacial score (nSPS) is 15.8. The molecule has 2 aromatic rings. The lowest BCUT2D eigenvalue weighted by molar-refractivity contribution is -0.129. The molecule has 2 N–H and O–H groups in total. The van der Waals surface area contributed by atoms with Crippen LogP contribution in [0.25, 0.3) is 11.1 Å². The standard InChI is InChI=1S/C14H16N4O2/c1-17-6-7-18(9-13(17)19)12-5-3-2-4-10(12)11-8-16-20-14(11)15/h2-5,8H,6-7,9,15H2,1H3. The number of nitrogens with two attached hydrogens (primary N) is 1. The van der Waals surface area contributed by atoms with Crippen LogP contribution < -0.4 is 10.6 Å². The Morgan fingerprint density at radius 3 is 2.75 bits per heavy atom. The third-order valence-electron chi connectivity index (χ3n) is 3.59. The fourth-order valence-corrected chi connectivity index (χ4v) is 2.39. The number of carbonyl (C=O) groups excluding carboxylic acids is 1. The number of nitrogen functional groups attached to an aromatic ring is 1. The third kappa shape index (κ3) is 2.09. The Labute approximate surface area is 116 Å². The maximum Gasteiger partial charge on any atom is 0.241 e. The van der Waals surface area contributed by atoms with Crippen LogP contribution in [-0.4, -0.2) is 42.6 Å². The lowest BCUT2D eigenvalue weighted by Crippen LogP contribution is -2.48. The summed E-state index contributed by atoms with van der Waals surface area (Å²) in [6.07, 6.45) is 1.60. The number of piperazine rings is 1. The smallest absolute Gasteiger partial charge is 0.241 e. The number of carbonyl (C=O) groups is 1. The SMILES string of the molecule is CN1CCN(c2ccccc2-c2cnoc2N)CC1=O. The predicted octanol–water partition coefficient (Wildman–Crippen LogP) is 1.20. The molecular weight excluding hydrogens is 256 g/mol. The molecule has 0 spiro atoms. The van der Waals surface area contributed by atoms with Crippen molar-refractivity contribution in [1.29, 1.82) is 0 Å². The number of benzene rings is 1. The van der Waals surface area contributed by atoms with Crippen molar-refractivity contribution in [2.24, 2.45) is 0 Å². The van der Waals surface area contributed by atoms with Crippen molar-refractivity contribution in [1.82, 2.24) is 10.1 Å². The first-order valence-corrected chi connectivity index (χ1v) is 6.45. The van der Waals surface area contributed by atoms with Crippen molar-refractivity contribution in [2.45, 2.75) is 0 Å². The third-order valence-corrected chi connectivity index (χ3v) is 3.59. The van der Waals surface area contributed by atoms with Gasteiger partial charge in [-0.05, 0) is 6.07 Å². The Kier molecular flexibility index (Phi) is 3.06. The second kappa shape index (κ2) is 4.88. The van der Waals surface area contributed by atoms with E-state index in [2.05, 4.69) is 10.1 Å². The molecule has 0 atom stereocenters. The van der Waals surface area contributed by atoms with Gasteiger partial charge in [-0.25, -0.2) is 0 Å². The molecule has 1 fully saturated rings. The van der Waals surface area contributed by atoms with Gasteiger partial charge < -0.3 is 20.1 Å². The van der Waals surface area contributed by atoms with E-state index in [0.717, 1.165) is 23.4 Å². The first-order chi connectivity index (χ1) is 9.66. The number of rotatable bonds is 2. The molecule has 6 heteroatoms. The summed E-state index contributed by atoms with van der Waals surface area (Å²) in [7, 11) is 1.82. The summed E-state index contributed by atoms with van der Waals surface area (Å²) in [5, 5.41) is 3.72. The average molecular weight is 272 g/mol. The first kappa shape index (κ1) is 12.5. The number of hydrogen-bond acceptors (Lipinski definition) is 5. The van der Waals surface area contributed by atoms with E-state index in [1.165, 1.54) is 0 Å². The highest BCUT2D eigenvalue weighted by atomic mass is 16.5. The topological polar surface area (TPSA) is 75.6 Å². The highest BCUT2D eigenvalue weighted by Gasteiger charge is 2.23. The first-order valence-electron chi connectivity index (χ1n) is 6.45. The van der Waals surface area contributed by atoms with Crippen LogP contribution >= 0.6 is 0 Å². The molecule has 1 aliphatic heterocycles. The molecule has 1 aromatic heterocycles. The lowest BCUT2D eigenvalue weighted by Gasteiger charge is -2.34. The zero-order valence-electron chi connectivity index (χ0n) is 11.2. The summed E-state index contributed by atoms with van der Waals surface area (Å²) in [6.45, 7) is 1.88. The molecule has 1 saturated heterocycles. The van der Waals surface area contributed by atoms with Crippen LogP contribution in [0.4, 0.5) is 11.6 Å². The number of nitrogens with zero attached hydrogens (tertiary/aromatic N) is 3. The van der Waals surface area contributed by atoms with E-state index in [0.29, 0.717) is 13.1 Å². The number of para-hydroxylation sites is 1. The number of likely N-dealkylation sites (N-methyl/N-ethyl adjacent to an activating group) is 1. The van der Waals surface area contributed by atoms with Gasteiger partial charge in [0.2, 0.25) is 11.8 Å². The quantitative estimate of drug-likeness (QED) is 0.889. The largest absolute Gasteiger partial charge is 0.367 e. The second-order valence-corrected chi connectivity index (χ2v) is 4.86. The molecule has 1 aromatic carbocycles. The maximum atomic E-state index is 11.9. The Bertz CT molecular complexity index is 638. The minimum atomic E-state index is 0.115. The van der Waals surface area contributed by atoms with Crippen LogP contribution in [0.2, 0.25) is 0 Å². The molecule has 0 radical (unpaired) electrons. The van der Waals surface area contributed by atoms with E-state index in [4.69, 9.17) is 10.3 Å². The Balaban J connectivity index is 1.99. The number of aromatic nitrogens is 1. The highest BCUT2D eigenvalue weighted by molar-refractivity contribution is 5.88. The molecule has 0 bridgehead atoms. The molecular formula is C14H16N4O2. The molecule has 20 heavy (non-hydrogen) atoms. The molecule has 0 unspecified atom stereocenters. The number of amides is 1. The zero-order valence-corrected chi connectivity index (χ0v) is 11.2. The molecule has 0 aliphatic carbocycles. The number of anilines is 2. The highest BCUT2D eigenvalue weighted by Crippen LogP contribution is 2.34. The summed E-state index contributed by atoms with van der Waals surface area (Å²) in [4.78, 5) is 15.7. The van der Waals surface area contributed by atoms with Crippen molar-refractivity contribution in [3.63, 3.8) is 0 Å². The van der Waals surface area contributed by atoms with Crippen molar-refractivity contribution in [3.05, 3.63) is 30.5 Å². The van der Waals surface area contributed by atoms with Gasteiger partial charge in [-0.1, -0.05) is 23.4 Å². The van der Waals surface area contributed by atoms with E-state index in [-0.39, 0.29) is 11.8 Å². The van der Waals surface area contributed by atoms with Crippen LogP contribution in [0.5, 0.6) is 0 Å². The van der Waals surface area contributed by atoms with E-state index in [1.807, 2.05) is 31.3 Å². The van der Waals surface area contributed by atoms with Crippen molar-refractivity contribution in [2.75, 3.05) is 37.3 Å². The van der Waals surface area contributed by atoms with E-state index in [9.17, 15) is 4.79 Å². The maximum absolute atomic E-state index is 11.9. The van der Waals surface area contributed by atoms with Gasteiger partial charge in [0.25, 0.3) is 0 Å². The predicted molar refractivity (Wildman–Crippen MR) is 76.2 cm³/mol. The fraction of sp³-hybridized carbons (Fsp3) is 0.286. The van der Waals surface area contributed by atoms with Crippen LogP contribution in [0, 0.1) is 0 Å². The summed E-state index contributed by atoms with van der Waals surface area (Å²) < 4.78 is 4.93. The molecule has 2 heterocycles. The minimum absolute atomic E-state index is 0.115. The monoisotopic (exact) mass is 272 g/mol. The zero-order chi connectivity index (χ0) is 14.1. The summed E-state index contributed by atoms with van der Waals surface area (Å²) >= 11 is 0. The summed E-state index contributed by atoms with van der Waals surface area (Å²) in [5.74, 6) is 0.405. The van der Waals surface area contributed by atoms with Crippen LogP contribution in [0.1, 0.15) is 0 Å². The van der Waals surface area contributed by atoms with Gasteiger partial charge >= 0.3 is 0 Å². The van der Waals surface area contributed by atoms with Crippen LogP contribution in [0.15, 0.2) is 35.0 Å². The van der Waals surface area contributed by atoms with Gasteiger partial charge in [0.05, 0.1) is 18.3 Å². The van der Waals surface area contributed by atoms with Gasteiger partial charge in [-0.2, -0.15) is 0 Å². The Morgan fingerprint density at radius 1 is 1.25 bits per heavy atom. The Morgan fingerprint density at radius 2 is 2.05 bits per heavy atom. The van der Waals surface area contributed by atoms with Gasteiger partial charge in [0.1, 0.15) is 0 Å².